The van der Waals surface area contributed by atoms with Crippen LogP contribution in [0.4, 0.5) is 0 Å². The van der Waals surface area contributed by atoms with E-state index in [1.807, 2.05) is 0 Å². The van der Waals surface area contributed by atoms with Crippen LogP contribution in [-0.4, -0.2) is 103 Å². The van der Waals surface area contributed by atoms with Gasteiger partial charge in [0.25, 0.3) is 0 Å². The Hall–Kier alpha value is 5.83. The predicted molar refractivity (Wildman–Crippen MR) is 50.9 cm³/mol. The maximum absolute atomic E-state index is 0. The van der Waals surface area contributed by atoms with Crippen molar-refractivity contribution < 1.29 is 44.8 Å². The Bertz CT molecular complexity index is 19.7. The van der Waals surface area contributed by atoms with Crippen LogP contribution in [0.2, 0.25) is 0 Å². The first-order chi connectivity index (χ1) is 0. The van der Waals surface area contributed by atoms with Crippen LogP contribution in [0.5, 0.6) is 0 Å². The predicted octanol–water partition coefficient (Wildman–Crippen LogP) is -1.92. The average Bonchev–Trinajstić information content (AvgIpc) is 0. The summed E-state index contributed by atoms with van der Waals surface area (Å²) < 4.78 is 0. The zero-order chi connectivity index (χ0) is 0. The molecule has 0 aliphatic carbocycles. The molecule has 10 heavy (non-hydrogen) atoms. The monoisotopic (exact) mass is 959 g/mol. The molecule has 0 heterocycles. The Balaban J connectivity index is 0. The summed E-state index contributed by atoms with van der Waals surface area (Å²) in [6.45, 7) is 0. The maximum Gasteiger partial charge on any atom is 3.00 e. The van der Waals surface area contributed by atoms with E-state index < -0.39 is 0 Å². The van der Waals surface area contributed by atoms with Crippen molar-refractivity contribution in [1.29, 1.82) is 0 Å². The van der Waals surface area contributed by atoms with Gasteiger partial charge in [-0.05, 0) is 0 Å². The summed E-state index contributed by atoms with van der Waals surface area (Å²) in [6, 6.07) is 0. The molecule has 0 N–H and O–H groups in total. The molecule has 0 saturated heterocycles. The van der Waals surface area contributed by atoms with Crippen molar-refractivity contribution in [1.82, 2.24) is 0 Å². The van der Waals surface area contributed by atoms with E-state index in [4.69, 9.17) is 0 Å². The average molecular weight is 957 g/mol. The fourth-order valence-electron chi connectivity index (χ4n) is 0. The molecule has 0 rings (SSSR count). The molecular weight excluding hydrogens is 957 g/mol. The van der Waals surface area contributed by atoms with Gasteiger partial charge in [0.2, 0.25) is 0 Å². The van der Waals surface area contributed by atoms with E-state index >= 15 is 0 Å². The Labute approximate surface area is 184 Å². The Morgan fingerprint density at radius 1 is 0.400 bits per heavy atom. The second kappa shape index (κ2) is 83.5. The van der Waals surface area contributed by atoms with Crippen molar-refractivity contribution in [2.45, 2.75) is 0 Å². The normalized spacial score (nSPS) is 0. The van der Waals surface area contributed by atoms with Crippen LogP contribution in [0.25, 0.3) is 0 Å². The molecule has 0 fully saturated rings. The van der Waals surface area contributed by atoms with Crippen LogP contribution in [0, 0.1) is 0 Å². The third kappa shape index (κ3) is 67.0. The molecule has 0 spiro atoms. The molecular formula is Au2In2S3Se3. The van der Waals surface area contributed by atoms with Gasteiger partial charge in [-0.1, -0.05) is 0 Å². The van der Waals surface area contributed by atoms with Gasteiger partial charge in [-0.3, -0.25) is 0 Å². The third-order valence-corrected chi connectivity index (χ3v) is 0. The third-order valence-electron chi connectivity index (χ3n) is 0. The first kappa shape index (κ1) is 102. The van der Waals surface area contributed by atoms with Gasteiger partial charge in [0.15, 0.2) is 0 Å². The van der Waals surface area contributed by atoms with Crippen molar-refractivity contribution >= 4 is 143 Å². The molecule has 0 saturated carbocycles. The fraction of sp³-hybridized carbons (Fsp3) is 0. The van der Waals surface area contributed by atoms with Gasteiger partial charge in [-0.15, -0.1) is 0 Å². The molecule has 0 unspecified atom stereocenters. The zero-order valence-corrected chi connectivity index (χ0v) is 22.7. The van der Waals surface area contributed by atoms with Gasteiger partial charge in [-0.25, -0.2) is 0 Å². The van der Waals surface area contributed by atoms with E-state index in [2.05, 4.69) is 0 Å². The van der Waals surface area contributed by atoms with E-state index in [-0.39, 0.29) is 188 Å². The largest absolute Gasteiger partial charge is 3.00 e. The van der Waals surface area contributed by atoms with Crippen molar-refractivity contribution in [2.75, 3.05) is 0 Å². The minimum absolute atomic E-state index is 0. The second-order valence-electron chi connectivity index (χ2n) is 0. The van der Waals surface area contributed by atoms with Crippen molar-refractivity contribution in [3.63, 3.8) is 0 Å². The summed E-state index contributed by atoms with van der Waals surface area (Å²) in [7, 11) is 0. The number of hydrogen-bond acceptors (Lipinski definition) is 0. The van der Waals surface area contributed by atoms with Gasteiger partial charge < -0.3 is 91.7 Å². The Morgan fingerprint density at radius 2 is 0.400 bits per heavy atom. The van der Waals surface area contributed by atoms with Gasteiger partial charge in [0, 0.05) is 0 Å². The molecule has 0 atom stereocenters. The standard InChI is InChI=1S/2Au.2In.3S.3Se/q4*+3;6*-2. The second-order valence-corrected chi connectivity index (χ2v) is 0. The maximum atomic E-state index is 0. The molecule has 0 bridgehead atoms. The summed E-state index contributed by atoms with van der Waals surface area (Å²) in [5.74, 6) is 0. The van der Waals surface area contributed by atoms with Crippen molar-refractivity contribution in [2.24, 2.45) is 0 Å². The summed E-state index contributed by atoms with van der Waals surface area (Å²) in [5, 5.41) is 0. The van der Waals surface area contributed by atoms with E-state index in [1.165, 1.54) is 0 Å². The summed E-state index contributed by atoms with van der Waals surface area (Å²) in [6.07, 6.45) is 0. The number of rotatable bonds is 0. The van der Waals surface area contributed by atoms with Crippen molar-refractivity contribution in [3.05, 3.63) is 0 Å². The first-order valence-corrected chi connectivity index (χ1v) is 0. The SMILES string of the molecule is [Au+3].[Au+3].[In+3].[In+3].[S-2].[S-2].[S-2].[Se-2].[Se-2].[Se-2]. The van der Waals surface area contributed by atoms with Crippen LogP contribution >= 0.6 is 0 Å². The van der Waals surface area contributed by atoms with Gasteiger partial charge in [0.1, 0.15) is 0 Å². The molecule has 0 aromatic carbocycles. The van der Waals surface area contributed by atoms with Crippen LogP contribution < -0.4 is 0 Å². The first-order valence-electron chi connectivity index (χ1n) is 0. The summed E-state index contributed by atoms with van der Waals surface area (Å²) >= 11 is 0. The zero-order valence-electron chi connectivity index (χ0n) is 4.21. The smallest absolute Gasteiger partial charge is 2.00 e. The minimum atomic E-state index is 0. The van der Waals surface area contributed by atoms with Gasteiger partial charge >= 0.3 is 96.4 Å². The molecule has 0 aromatic heterocycles. The van der Waals surface area contributed by atoms with Crippen molar-refractivity contribution in [3.8, 4) is 0 Å². The fourth-order valence-corrected chi connectivity index (χ4v) is 0. The van der Waals surface area contributed by atoms with E-state index in [0.717, 1.165) is 0 Å². The molecule has 64 valence electrons. The van der Waals surface area contributed by atoms with E-state index in [1.54, 1.807) is 0 Å². The minimum Gasteiger partial charge on any atom is -2.00 e. The summed E-state index contributed by atoms with van der Waals surface area (Å²) in [4.78, 5) is 0. The van der Waals surface area contributed by atoms with Gasteiger partial charge in [0.05, 0.1) is 0 Å². The molecule has 0 nitrogen and oxygen atoms in total. The van der Waals surface area contributed by atoms with E-state index in [9.17, 15) is 0 Å². The van der Waals surface area contributed by atoms with Crippen LogP contribution in [0.15, 0.2) is 0 Å². The van der Waals surface area contributed by atoms with Crippen LogP contribution in [0.1, 0.15) is 0 Å². The topological polar surface area (TPSA) is 0 Å². The molecule has 0 aliphatic heterocycles. The molecule has 0 radical (unpaired) electrons. The Kier molecular flexibility index (Phi) is 855. The molecule has 0 aliphatic rings. The quantitative estimate of drug-likeness (QED) is 0.249. The van der Waals surface area contributed by atoms with Crippen LogP contribution in [0.3, 0.4) is 0 Å². The van der Waals surface area contributed by atoms with E-state index in [0.29, 0.717) is 0 Å². The number of hydrogen-bond donors (Lipinski definition) is 0. The molecule has 0 aromatic rings. The summed E-state index contributed by atoms with van der Waals surface area (Å²) in [5.41, 5.74) is 0. The molecule has 0 amide bonds. The van der Waals surface area contributed by atoms with Crippen LogP contribution in [-0.2, 0) is 85.2 Å². The molecule has 10 heteroatoms. The van der Waals surface area contributed by atoms with Gasteiger partial charge in [-0.2, -0.15) is 0 Å². The Morgan fingerprint density at radius 3 is 0.400 bits per heavy atom.